The minimum Gasteiger partial charge on any atom is -0.347 e. The van der Waals surface area contributed by atoms with E-state index >= 15 is 0 Å². The van der Waals surface area contributed by atoms with E-state index in [1.165, 1.54) is 6.07 Å². The highest BCUT2D eigenvalue weighted by Gasteiger charge is 2.11. The predicted octanol–water partition coefficient (Wildman–Crippen LogP) is 1.18. The molecule has 6 nitrogen and oxygen atoms in total. The van der Waals surface area contributed by atoms with Crippen LogP contribution in [0.25, 0.3) is 10.9 Å². The van der Waals surface area contributed by atoms with Crippen LogP contribution in [-0.2, 0) is 6.54 Å². The molecule has 1 aromatic carbocycles. The smallest absolute Gasteiger partial charge is 0.252 e. The number of para-hydroxylation sites is 1. The fourth-order valence-electron chi connectivity index (χ4n) is 2.04. The lowest BCUT2D eigenvalue weighted by molar-refractivity contribution is 0.0952. The van der Waals surface area contributed by atoms with Crippen LogP contribution >= 0.6 is 0 Å². The van der Waals surface area contributed by atoms with Crippen LogP contribution in [0.1, 0.15) is 16.1 Å². The minimum atomic E-state index is -0.296. The van der Waals surface area contributed by atoms with Gasteiger partial charge in [0, 0.05) is 23.2 Å². The first-order chi connectivity index (χ1) is 9.74. The highest BCUT2D eigenvalue weighted by Crippen LogP contribution is 2.14. The first-order valence-electron chi connectivity index (χ1n) is 6.11. The van der Waals surface area contributed by atoms with Gasteiger partial charge in [0.25, 0.3) is 5.91 Å². The molecule has 0 bridgehead atoms. The Hall–Kier alpha value is -2.89. The fourth-order valence-corrected chi connectivity index (χ4v) is 2.04. The molecule has 6 heteroatoms. The number of carbonyl (C=O) groups excluding carboxylic acids is 1. The molecule has 0 aliphatic carbocycles. The largest absolute Gasteiger partial charge is 0.347 e. The van der Waals surface area contributed by atoms with Gasteiger partial charge < -0.3 is 15.3 Å². The summed E-state index contributed by atoms with van der Waals surface area (Å²) < 4.78 is 0. The van der Waals surface area contributed by atoms with Gasteiger partial charge in [-0.2, -0.15) is 0 Å². The maximum Gasteiger partial charge on any atom is 0.252 e. The van der Waals surface area contributed by atoms with Gasteiger partial charge in [-0.25, -0.2) is 4.98 Å². The Kier molecular flexibility index (Phi) is 3.04. The maximum atomic E-state index is 12.2. The average molecular weight is 268 g/mol. The predicted molar refractivity (Wildman–Crippen MR) is 74.3 cm³/mol. The Labute approximate surface area is 113 Å². The Morgan fingerprint density at radius 3 is 2.95 bits per heavy atom. The van der Waals surface area contributed by atoms with Crippen molar-refractivity contribution >= 4 is 16.8 Å². The van der Waals surface area contributed by atoms with Crippen molar-refractivity contribution in [2.75, 3.05) is 0 Å². The van der Waals surface area contributed by atoms with E-state index in [0.29, 0.717) is 23.0 Å². The number of imidazole rings is 1. The van der Waals surface area contributed by atoms with E-state index in [4.69, 9.17) is 0 Å². The van der Waals surface area contributed by atoms with Gasteiger partial charge in [-0.05, 0) is 6.07 Å². The normalized spacial score (nSPS) is 10.6. The standard InChI is InChI=1S/C14H12N4O2/c19-13-5-11(10-3-1-2-4-12(10)18-13)14(20)16-7-9-6-15-8-17-9/h1-6,8H,7H2,(H,15,17)(H,16,20)(H,18,19). The number of nitrogens with one attached hydrogen (secondary N) is 3. The summed E-state index contributed by atoms with van der Waals surface area (Å²) in [5.41, 5.74) is 1.51. The fraction of sp³-hybridized carbons (Fsp3) is 0.0714. The van der Waals surface area contributed by atoms with Gasteiger partial charge in [0.1, 0.15) is 0 Å². The quantitative estimate of drug-likeness (QED) is 0.666. The third kappa shape index (κ3) is 2.31. The molecule has 0 unspecified atom stereocenters. The first kappa shape index (κ1) is 12.2. The van der Waals surface area contributed by atoms with Crippen molar-refractivity contribution in [1.29, 1.82) is 0 Å². The van der Waals surface area contributed by atoms with Gasteiger partial charge in [0.15, 0.2) is 0 Å². The van der Waals surface area contributed by atoms with Gasteiger partial charge in [-0.3, -0.25) is 9.59 Å². The van der Waals surface area contributed by atoms with E-state index < -0.39 is 0 Å². The summed E-state index contributed by atoms with van der Waals surface area (Å²) in [5, 5.41) is 3.47. The molecule has 0 atom stereocenters. The second kappa shape index (κ2) is 5.00. The number of benzene rings is 1. The number of carbonyl (C=O) groups is 1. The minimum absolute atomic E-state index is 0.290. The van der Waals surface area contributed by atoms with Crippen LogP contribution in [-0.4, -0.2) is 20.9 Å². The number of aromatic amines is 2. The summed E-state index contributed by atoms with van der Waals surface area (Å²) in [4.78, 5) is 33.3. The van der Waals surface area contributed by atoms with Crippen molar-refractivity contribution in [1.82, 2.24) is 20.3 Å². The Morgan fingerprint density at radius 2 is 2.15 bits per heavy atom. The molecule has 1 amide bonds. The molecule has 0 aliphatic heterocycles. The van der Waals surface area contributed by atoms with Crippen LogP contribution in [0.2, 0.25) is 0 Å². The zero-order valence-electron chi connectivity index (χ0n) is 10.5. The SMILES string of the molecule is O=C(NCc1cnc[nH]1)c1cc(=O)[nH]c2ccccc12. The van der Waals surface area contributed by atoms with E-state index in [-0.39, 0.29) is 11.5 Å². The summed E-state index contributed by atoms with van der Waals surface area (Å²) >= 11 is 0. The lowest BCUT2D eigenvalue weighted by Gasteiger charge is -2.06. The molecule has 0 aliphatic rings. The molecule has 0 fully saturated rings. The van der Waals surface area contributed by atoms with E-state index in [2.05, 4.69) is 20.3 Å². The molecular weight excluding hydrogens is 256 g/mol. The number of rotatable bonds is 3. The van der Waals surface area contributed by atoms with Crippen LogP contribution < -0.4 is 10.9 Å². The maximum absolute atomic E-state index is 12.2. The number of aromatic nitrogens is 3. The summed E-state index contributed by atoms with van der Waals surface area (Å²) in [6.07, 6.45) is 3.18. The van der Waals surface area contributed by atoms with Crippen molar-refractivity contribution in [3.63, 3.8) is 0 Å². The summed E-state index contributed by atoms with van der Waals surface area (Å²) in [6.45, 7) is 0.333. The number of fused-ring (bicyclic) bond motifs is 1. The first-order valence-corrected chi connectivity index (χ1v) is 6.11. The molecular formula is C14H12N4O2. The number of pyridine rings is 1. The van der Waals surface area contributed by atoms with Crippen LogP contribution in [0.15, 0.2) is 47.7 Å². The van der Waals surface area contributed by atoms with Gasteiger partial charge >= 0.3 is 0 Å². The second-order valence-electron chi connectivity index (χ2n) is 4.35. The number of H-pyrrole nitrogens is 2. The van der Waals surface area contributed by atoms with Gasteiger partial charge in [-0.1, -0.05) is 18.2 Å². The topological polar surface area (TPSA) is 90.6 Å². The Morgan fingerprint density at radius 1 is 1.30 bits per heavy atom. The molecule has 0 spiro atoms. The monoisotopic (exact) mass is 268 g/mol. The van der Waals surface area contributed by atoms with Gasteiger partial charge in [-0.15, -0.1) is 0 Å². The zero-order chi connectivity index (χ0) is 13.9. The third-order valence-corrected chi connectivity index (χ3v) is 2.99. The molecule has 20 heavy (non-hydrogen) atoms. The molecule has 0 radical (unpaired) electrons. The van der Waals surface area contributed by atoms with Gasteiger partial charge in [0.05, 0.1) is 24.1 Å². The van der Waals surface area contributed by atoms with Crippen molar-refractivity contribution in [2.45, 2.75) is 6.54 Å². The summed E-state index contributed by atoms with van der Waals surface area (Å²) in [6, 6.07) is 8.51. The number of nitrogens with zero attached hydrogens (tertiary/aromatic N) is 1. The van der Waals surface area contributed by atoms with Crippen molar-refractivity contribution < 1.29 is 4.79 Å². The highest BCUT2D eigenvalue weighted by atomic mass is 16.2. The lowest BCUT2D eigenvalue weighted by Crippen LogP contribution is -2.25. The summed E-state index contributed by atoms with van der Waals surface area (Å²) in [7, 11) is 0. The molecule has 0 saturated heterocycles. The van der Waals surface area contributed by atoms with E-state index in [9.17, 15) is 9.59 Å². The van der Waals surface area contributed by atoms with Gasteiger partial charge in [0.2, 0.25) is 5.56 Å². The van der Waals surface area contributed by atoms with Crippen molar-refractivity contribution in [3.05, 3.63) is 64.5 Å². The number of amides is 1. The van der Waals surface area contributed by atoms with Crippen molar-refractivity contribution in [3.8, 4) is 0 Å². The van der Waals surface area contributed by atoms with E-state index in [1.54, 1.807) is 24.7 Å². The summed E-state index contributed by atoms with van der Waals surface area (Å²) in [5.74, 6) is -0.290. The Bertz CT molecular complexity index is 805. The molecule has 3 aromatic rings. The number of hydrogen-bond donors (Lipinski definition) is 3. The van der Waals surface area contributed by atoms with Crippen LogP contribution in [0.4, 0.5) is 0 Å². The molecule has 3 rings (SSSR count). The average Bonchev–Trinajstić information content (AvgIpc) is 2.97. The van der Waals surface area contributed by atoms with E-state index in [0.717, 1.165) is 5.69 Å². The molecule has 2 aromatic heterocycles. The number of hydrogen-bond acceptors (Lipinski definition) is 3. The zero-order valence-corrected chi connectivity index (χ0v) is 10.5. The molecule has 100 valence electrons. The second-order valence-corrected chi connectivity index (χ2v) is 4.35. The van der Waals surface area contributed by atoms with Crippen molar-refractivity contribution in [2.24, 2.45) is 0 Å². The Balaban J connectivity index is 1.93. The van der Waals surface area contributed by atoms with Crippen LogP contribution in [0.3, 0.4) is 0 Å². The van der Waals surface area contributed by atoms with E-state index in [1.807, 2.05) is 12.1 Å². The third-order valence-electron chi connectivity index (χ3n) is 2.99. The molecule has 2 heterocycles. The van der Waals surface area contributed by atoms with Crippen LogP contribution in [0.5, 0.6) is 0 Å². The lowest BCUT2D eigenvalue weighted by atomic mass is 10.1. The van der Waals surface area contributed by atoms with Crippen LogP contribution in [0, 0.1) is 0 Å². The molecule has 0 saturated carbocycles. The highest BCUT2D eigenvalue weighted by molar-refractivity contribution is 6.05. The molecule has 3 N–H and O–H groups in total.